The Morgan fingerprint density at radius 2 is 2.37 bits per heavy atom. The SMILES string of the molecule is Cc1cc(C=O)cnc1N1CCCC2C(=O)NCC21. The van der Waals surface area contributed by atoms with Crippen LogP contribution in [-0.4, -0.2) is 36.3 Å². The first-order valence-corrected chi connectivity index (χ1v) is 6.67. The molecule has 5 nitrogen and oxygen atoms in total. The molecule has 2 atom stereocenters. The number of amides is 1. The number of hydrogen-bond donors (Lipinski definition) is 1. The van der Waals surface area contributed by atoms with E-state index < -0.39 is 0 Å². The summed E-state index contributed by atoms with van der Waals surface area (Å²) in [7, 11) is 0. The van der Waals surface area contributed by atoms with Crippen molar-refractivity contribution in [3.05, 3.63) is 23.4 Å². The lowest BCUT2D eigenvalue weighted by atomic mass is 9.91. The van der Waals surface area contributed by atoms with Crippen LogP contribution in [0.5, 0.6) is 0 Å². The third-order valence-corrected chi connectivity index (χ3v) is 4.08. The highest BCUT2D eigenvalue weighted by atomic mass is 16.2. The van der Waals surface area contributed by atoms with E-state index >= 15 is 0 Å². The minimum atomic E-state index is 0.0840. The summed E-state index contributed by atoms with van der Waals surface area (Å²) >= 11 is 0. The highest BCUT2D eigenvalue weighted by Gasteiger charge is 2.41. The summed E-state index contributed by atoms with van der Waals surface area (Å²) in [5, 5.41) is 2.94. The Bertz CT molecular complexity index is 529. The molecule has 5 heteroatoms. The fraction of sp³-hybridized carbons (Fsp3) is 0.500. The van der Waals surface area contributed by atoms with E-state index in [4.69, 9.17) is 0 Å². The lowest BCUT2D eigenvalue weighted by Gasteiger charge is -2.37. The van der Waals surface area contributed by atoms with E-state index in [9.17, 15) is 9.59 Å². The number of nitrogens with one attached hydrogen (secondary N) is 1. The van der Waals surface area contributed by atoms with Crippen LogP contribution in [0.2, 0.25) is 0 Å². The second-order valence-corrected chi connectivity index (χ2v) is 5.28. The maximum absolute atomic E-state index is 11.8. The molecule has 2 saturated heterocycles. The summed E-state index contributed by atoms with van der Waals surface area (Å²) in [6.45, 7) is 3.58. The zero-order valence-electron chi connectivity index (χ0n) is 10.9. The summed E-state index contributed by atoms with van der Waals surface area (Å²) < 4.78 is 0. The zero-order chi connectivity index (χ0) is 13.4. The highest BCUT2D eigenvalue weighted by molar-refractivity contribution is 5.83. The van der Waals surface area contributed by atoms with Gasteiger partial charge in [-0.3, -0.25) is 9.59 Å². The van der Waals surface area contributed by atoms with Gasteiger partial charge in [-0.1, -0.05) is 0 Å². The Kier molecular flexibility index (Phi) is 2.97. The van der Waals surface area contributed by atoms with E-state index in [1.807, 2.05) is 13.0 Å². The maximum atomic E-state index is 11.8. The van der Waals surface area contributed by atoms with E-state index in [1.165, 1.54) is 0 Å². The molecular formula is C14H17N3O2. The van der Waals surface area contributed by atoms with Gasteiger partial charge in [-0.2, -0.15) is 0 Å². The normalized spacial score (nSPS) is 25.9. The summed E-state index contributed by atoms with van der Waals surface area (Å²) in [5.74, 6) is 1.15. The van der Waals surface area contributed by atoms with Crippen LogP contribution in [0.1, 0.15) is 28.8 Å². The summed E-state index contributed by atoms with van der Waals surface area (Å²) in [6, 6.07) is 2.05. The van der Waals surface area contributed by atoms with Crippen LogP contribution < -0.4 is 10.2 Å². The van der Waals surface area contributed by atoms with Gasteiger partial charge in [0.15, 0.2) is 6.29 Å². The molecule has 0 aromatic carbocycles. The number of rotatable bonds is 2. The van der Waals surface area contributed by atoms with E-state index in [-0.39, 0.29) is 17.9 Å². The molecular weight excluding hydrogens is 242 g/mol. The van der Waals surface area contributed by atoms with Crippen molar-refractivity contribution < 1.29 is 9.59 Å². The fourth-order valence-electron chi connectivity index (χ4n) is 3.17. The van der Waals surface area contributed by atoms with Crippen LogP contribution in [0.4, 0.5) is 5.82 Å². The molecule has 1 aromatic heterocycles. The van der Waals surface area contributed by atoms with Crippen molar-refractivity contribution in [2.75, 3.05) is 18.0 Å². The molecule has 2 fully saturated rings. The van der Waals surface area contributed by atoms with Crippen molar-refractivity contribution >= 4 is 18.0 Å². The van der Waals surface area contributed by atoms with E-state index in [0.29, 0.717) is 12.1 Å². The Labute approximate surface area is 112 Å². The van der Waals surface area contributed by atoms with Crippen molar-refractivity contribution in [1.82, 2.24) is 10.3 Å². The van der Waals surface area contributed by atoms with Gasteiger partial charge in [0.25, 0.3) is 0 Å². The van der Waals surface area contributed by atoms with Gasteiger partial charge < -0.3 is 10.2 Å². The molecule has 3 heterocycles. The second-order valence-electron chi connectivity index (χ2n) is 5.28. The number of piperidine rings is 1. The maximum Gasteiger partial charge on any atom is 0.225 e. The first-order valence-electron chi connectivity index (χ1n) is 6.67. The van der Waals surface area contributed by atoms with Crippen LogP contribution in [0.15, 0.2) is 12.3 Å². The number of aromatic nitrogens is 1. The number of nitrogens with zero attached hydrogens (tertiary/aromatic N) is 2. The van der Waals surface area contributed by atoms with Crippen molar-refractivity contribution in [2.24, 2.45) is 5.92 Å². The number of carbonyl (C=O) groups excluding carboxylic acids is 2. The molecule has 0 radical (unpaired) electrons. The van der Waals surface area contributed by atoms with Crippen molar-refractivity contribution in [3.63, 3.8) is 0 Å². The second kappa shape index (κ2) is 4.64. The summed E-state index contributed by atoms with van der Waals surface area (Å²) in [6.07, 6.45) is 4.37. The molecule has 3 rings (SSSR count). The summed E-state index contributed by atoms with van der Waals surface area (Å²) in [5.41, 5.74) is 1.58. The van der Waals surface area contributed by atoms with Crippen LogP contribution >= 0.6 is 0 Å². The molecule has 100 valence electrons. The third kappa shape index (κ3) is 1.99. The first-order chi connectivity index (χ1) is 9.20. The summed E-state index contributed by atoms with van der Waals surface area (Å²) in [4.78, 5) is 29.2. The quantitative estimate of drug-likeness (QED) is 0.802. The van der Waals surface area contributed by atoms with E-state index in [1.54, 1.807) is 6.20 Å². The number of aldehydes is 1. The molecule has 0 saturated carbocycles. The van der Waals surface area contributed by atoms with Crippen molar-refractivity contribution in [2.45, 2.75) is 25.8 Å². The molecule has 19 heavy (non-hydrogen) atoms. The van der Waals surface area contributed by atoms with Crippen LogP contribution in [0, 0.1) is 12.8 Å². The van der Waals surface area contributed by atoms with Gasteiger partial charge in [-0.25, -0.2) is 4.98 Å². The molecule has 2 aliphatic heterocycles. The Morgan fingerprint density at radius 1 is 1.53 bits per heavy atom. The molecule has 0 spiro atoms. The number of anilines is 1. The molecule has 1 amide bonds. The van der Waals surface area contributed by atoms with Crippen molar-refractivity contribution in [3.8, 4) is 0 Å². The largest absolute Gasteiger partial charge is 0.354 e. The van der Waals surface area contributed by atoms with Gasteiger partial charge in [0, 0.05) is 24.8 Å². The standard InChI is InChI=1S/C14H17N3O2/c1-9-5-10(8-18)6-15-13(9)17-4-2-3-11-12(17)7-16-14(11)19/h5-6,8,11-12H,2-4,7H2,1H3,(H,16,19). The topological polar surface area (TPSA) is 62.3 Å². The number of aryl methyl sites for hydroxylation is 1. The van der Waals surface area contributed by atoms with Crippen LogP contribution in [0.25, 0.3) is 0 Å². The van der Waals surface area contributed by atoms with E-state index in [0.717, 1.165) is 37.1 Å². The molecule has 1 aromatic rings. The van der Waals surface area contributed by atoms with Crippen LogP contribution in [-0.2, 0) is 4.79 Å². The van der Waals surface area contributed by atoms with Crippen molar-refractivity contribution in [1.29, 1.82) is 0 Å². The van der Waals surface area contributed by atoms with Gasteiger partial charge in [0.1, 0.15) is 5.82 Å². The van der Waals surface area contributed by atoms with Gasteiger partial charge in [-0.15, -0.1) is 0 Å². The molecule has 0 bridgehead atoms. The smallest absolute Gasteiger partial charge is 0.225 e. The Balaban J connectivity index is 1.93. The van der Waals surface area contributed by atoms with E-state index in [2.05, 4.69) is 15.2 Å². The first kappa shape index (κ1) is 12.1. The van der Waals surface area contributed by atoms with Crippen LogP contribution in [0.3, 0.4) is 0 Å². The van der Waals surface area contributed by atoms with Gasteiger partial charge in [0.05, 0.1) is 12.0 Å². The number of hydrogen-bond acceptors (Lipinski definition) is 4. The van der Waals surface area contributed by atoms with Gasteiger partial charge >= 0.3 is 0 Å². The zero-order valence-corrected chi connectivity index (χ0v) is 10.9. The number of fused-ring (bicyclic) bond motifs is 1. The lowest BCUT2D eigenvalue weighted by Crippen LogP contribution is -2.46. The fourth-order valence-corrected chi connectivity index (χ4v) is 3.17. The average Bonchev–Trinajstić information content (AvgIpc) is 2.81. The Hall–Kier alpha value is -1.91. The minimum Gasteiger partial charge on any atom is -0.354 e. The van der Waals surface area contributed by atoms with Gasteiger partial charge in [0.2, 0.25) is 5.91 Å². The number of pyridine rings is 1. The minimum absolute atomic E-state index is 0.0840. The van der Waals surface area contributed by atoms with Gasteiger partial charge in [-0.05, 0) is 31.4 Å². The molecule has 1 N–H and O–H groups in total. The molecule has 0 aliphatic carbocycles. The lowest BCUT2D eigenvalue weighted by molar-refractivity contribution is -0.123. The third-order valence-electron chi connectivity index (χ3n) is 4.08. The number of carbonyl (C=O) groups is 2. The molecule has 2 aliphatic rings. The Morgan fingerprint density at radius 3 is 3.11 bits per heavy atom. The predicted octanol–water partition coefficient (Wildman–Crippen LogP) is 0.917. The monoisotopic (exact) mass is 259 g/mol. The predicted molar refractivity (Wildman–Crippen MR) is 71.2 cm³/mol. The average molecular weight is 259 g/mol. The molecule has 2 unspecified atom stereocenters. The highest BCUT2D eigenvalue weighted by Crippen LogP contribution is 2.32.